The van der Waals surface area contributed by atoms with Crippen LogP contribution >= 0.6 is 11.6 Å². The highest BCUT2D eigenvalue weighted by molar-refractivity contribution is 6.31. The molecule has 1 aromatic heterocycles. The second-order valence-electron chi connectivity index (χ2n) is 5.65. The number of hydrogen-bond acceptors (Lipinski definition) is 5. The highest BCUT2D eigenvalue weighted by Crippen LogP contribution is 2.22. The van der Waals surface area contributed by atoms with Crippen molar-refractivity contribution in [3.8, 4) is 0 Å². The summed E-state index contributed by atoms with van der Waals surface area (Å²) in [5.41, 5.74) is 2.41. The van der Waals surface area contributed by atoms with Crippen LogP contribution in [0, 0.1) is 6.92 Å². The molecule has 1 saturated heterocycles. The van der Waals surface area contributed by atoms with Gasteiger partial charge in [0.2, 0.25) is 6.10 Å². The molecule has 0 aliphatic carbocycles. The highest BCUT2D eigenvalue weighted by atomic mass is 35.5. The Morgan fingerprint density at radius 3 is 2.88 bits per heavy atom. The summed E-state index contributed by atoms with van der Waals surface area (Å²) in [5.74, 6) is -1.12. The van der Waals surface area contributed by atoms with Gasteiger partial charge in [0.1, 0.15) is 5.15 Å². The molecule has 1 atom stereocenters. The molecule has 1 aliphatic rings. The second-order valence-corrected chi connectivity index (χ2v) is 6.01. The van der Waals surface area contributed by atoms with Gasteiger partial charge in [-0.1, -0.05) is 41.9 Å². The molecule has 0 amide bonds. The molecule has 7 heteroatoms. The maximum absolute atomic E-state index is 11.9. The molecular weight excluding hydrogens is 344 g/mol. The molecule has 0 bridgehead atoms. The number of aromatic nitrogens is 2. The molecule has 0 N–H and O–H groups in total. The molecule has 25 heavy (non-hydrogen) atoms. The van der Waals surface area contributed by atoms with E-state index in [-0.39, 0.29) is 6.61 Å². The van der Waals surface area contributed by atoms with Crippen LogP contribution in [0.3, 0.4) is 0 Å². The maximum atomic E-state index is 11.9. The maximum Gasteiger partial charge on any atom is 0.347 e. The van der Waals surface area contributed by atoms with Gasteiger partial charge >= 0.3 is 11.9 Å². The Hall–Kier alpha value is -2.60. The van der Waals surface area contributed by atoms with Crippen molar-refractivity contribution in [2.24, 2.45) is 0 Å². The van der Waals surface area contributed by atoms with Gasteiger partial charge in [0, 0.05) is 18.1 Å². The van der Waals surface area contributed by atoms with Crippen LogP contribution < -0.4 is 0 Å². The van der Waals surface area contributed by atoms with Gasteiger partial charge in [0.25, 0.3) is 0 Å². The zero-order valence-corrected chi connectivity index (χ0v) is 14.4. The van der Waals surface area contributed by atoms with Gasteiger partial charge in [-0.2, -0.15) is 5.10 Å². The lowest BCUT2D eigenvalue weighted by molar-refractivity contribution is -0.156. The summed E-state index contributed by atoms with van der Waals surface area (Å²) in [4.78, 5) is 23.2. The zero-order valence-electron chi connectivity index (χ0n) is 13.6. The number of benzene rings is 1. The van der Waals surface area contributed by atoms with E-state index in [2.05, 4.69) is 5.10 Å². The number of carbonyl (C=O) groups excluding carboxylic acids is 2. The third-order valence-electron chi connectivity index (χ3n) is 3.82. The highest BCUT2D eigenvalue weighted by Gasteiger charge is 2.29. The third-order valence-corrected chi connectivity index (χ3v) is 4.21. The molecule has 0 spiro atoms. The molecule has 6 nitrogen and oxygen atoms in total. The van der Waals surface area contributed by atoms with E-state index in [1.54, 1.807) is 10.8 Å². The van der Waals surface area contributed by atoms with E-state index < -0.39 is 18.0 Å². The Morgan fingerprint density at radius 1 is 1.44 bits per heavy atom. The predicted octanol–water partition coefficient (Wildman–Crippen LogP) is 2.77. The molecule has 0 saturated carbocycles. The lowest BCUT2D eigenvalue weighted by Crippen LogP contribution is -2.21. The summed E-state index contributed by atoms with van der Waals surface area (Å²) in [6.07, 6.45) is 2.35. The van der Waals surface area contributed by atoms with Crippen LogP contribution in [-0.4, -0.2) is 34.4 Å². The van der Waals surface area contributed by atoms with E-state index in [0.29, 0.717) is 29.4 Å². The first-order chi connectivity index (χ1) is 12.0. The molecule has 2 heterocycles. The minimum Gasteiger partial charge on any atom is -0.463 e. The Kier molecular flexibility index (Phi) is 5.19. The average Bonchev–Trinajstić information content (AvgIpc) is 3.11. The van der Waals surface area contributed by atoms with E-state index >= 15 is 0 Å². The van der Waals surface area contributed by atoms with Crippen molar-refractivity contribution in [1.82, 2.24) is 9.78 Å². The first-order valence-corrected chi connectivity index (χ1v) is 8.24. The largest absolute Gasteiger partial charge is 0.463 e. The van der Waals surface area contributed by atoms with Crippen molar-refractivity contribution < 1.29 is 19.1 Å². The van der Waals surface area contributed by atoms with Gasteiger partial charge in [-0.05, 0) is 18.6 Å². The van der Waals surface area contributed by atoms with E-state index in [0.717, 1.165) is 5.56 Å². The van der Waals surface area contributed by atoms with Gasteiger partial charge in [0.05, 0.1) is 18.8 Å². The first-order valence-electron chi connectivity index (χ1n) is 7.87. The number of cyclic esters (lactones) is 1. The second kappa shape index (κ2) is 7.53. The standard InChI is InChI=1S/C18H17ClN2O4/c1-12-14(7-8-16(22)25-15-9-10-24-18(15)23)17(19)21(20-12)11-13-5-3-2-4-6-13/h2-8,15H,9-11H2,1H3/b8-7+. The van der Waals surface area contributed by atoms with Crippen LogP contribution in [0.1, 0.15) is 23.2 Å². The lowest BCUT2D eigenvalue weighted by Gasteiger charge is -2.05. The number of aryl methyl sites for hydroxylation is 1. The smallest absolute Gasteiger partial charge is 0.347 e. The van der Waals surface area contributed by atoms with Crippen LogP contribution in [0.25, 0.3) is 6.08 Å². The van der Waals surface area contributed by atoms with Crippen LogP contribution in [0.5, 0.6) is 0 Å². The molecule has 1 aromatic carbocycles. The molecule has 0 radical (unpaired) electrons. The quantitative estimate of drug-likeness (QED) is 0.605. The monoisotopic (exact) mass is 360 g/mol. The number of ether oxygens (including phenoxy) is 2. The molecule has 1 fully saturated rings. The summed E-state index contributed by atoms with van der Waals surface area (Å²) < 4.78 is 11.5. The van der Waals surface area contributed by atoms with Crippen LogP contribution in [-0.2, 0) is 25.6 Å². The number of halogens is 1. The van der Waals surface area contributed by atoms with E-state index in [9.17, 15) is 9.59 Å². The summed E-state index contributed by atoms with van der Waals surface area (Å²) in [6, 6.07) is 9.82. The van der Waals surface area contributed by atoms with E-state index in [1.165, 1.54) is 6.08 Å². The van der Waals surface area contributed by atoms with Crippen molar-refractivity contribution >= 4 is 29.6 Å². The molecule has 1 aliphatic heterocycles. The third kappa shape index (κ3) is 4.09. The number of esters is 2. The van der Waals surface area contributed by atoms with Gasteiger partial charge in [-0.15, -0.1) is 0 Å². The Bertz CT molecular complexity index is 814. The van der Waals surface area contributed by atoms with Crippen molar-refractivity contribution in [1.29, 1.82) is 0 Å². The summed E-state index contributed by atoms with van der Waals surface area (Å²) in [6.45, 7) is 2.62. The SMILES string of the molecule is Cc1nn(Cc2ccccc2)c(Cl)c1/C=C/C(=O)OC1CCOC1=O. The predicted molar refractivity (Wildman–Crippen MR) is 92.0 cm³/mol. The average molecular weight is 361 g/mol. The fourth-order valence-corrected chi connectivity index (χ4v) is 2.83. The van der Waals surface area contributed by atoms with Crippen LogP contribution in [0.15, 0.2) is 36.4 Å². The Balaban J connectivity index is 1.70. The summed E-state index contributed by atoms with van der Waals surface area (Å²) in [5, 5.41) is 4.84. The number of carbonyl (C=O) groups is 2. The molecule has 2 aromatic rings. The van der Waals surface area contributed by atoms with Crippen molar-refractivity contribution in [2.45, 2.75) is 26.0 Å². The molecule has 3 rings (SSSR count). The van der Waals surface area contributed by atoms with E-state index in [4.69, 9.17) is 21.1 Å². The minimum absolute atomic E-state index is 0.275. The molecule has 1 unspecified atom stereocenters. The van der Waals surface area contributed by atoms with Crippen LogP contribution in [0.4, 0.5) is 0 Å². The van der Waals surface area contributed by atoms with Crippen molar-refractivity contribution in [3.05, 3.63) is 58.4 Å². The fourth-order valence-electron chi connectivity index (χ4n) is 2.53. The number of nitrogens with zero attached hydrogens (tertiary/aromatic N) is 2. The van der Waals surface area contributed by atoms with Crippen molar-refractivity contribution in [3.63, 3.8) is 0 Å². The zero-order chi connectivity index (χ0) is 17.8. The molecule has 130 valence electrons. The lowest BCUT2D eigenvalue weighted by atomic mass is 10.2. The Labute approximate surface area is 150 Å². The van der Waals surface area contributed by atoms with Crippen LogP contribution in [0.2, 0.25) is 5.15 Å². The number of rotatable bonds is 5. The van der Waals surface area contributed by atoms with Gasteiger partial charge in [-0.25, -0.2) is 14.3 Å². The van der Waals surface area contributed by atoms with Crippen molar-refractivity contribution in [2.75, 3.05) is 6.61 Å². The first kappa shape index (κ1) is 17.2. The van der Waals surface area contributed by atoms with E-state index in [1.807, 2.05) is 37.3 Å². The summed E-state index contributed by atoms with van der Waals surface area (Å²) >= 11 is 6.38. The Morgan fingerprint density at radius 2 is 2.20 bits per heavy atom. The normalized spacial score (nSPS) is 17.0. The molecular formula is C18H17ClN2O4. The number of hydrogen-bond donors (Lipinski definition) is 0. The summed E-state index contributed by atoms with van der Waals surface area (Å²) in [7, 11) is 0. The van der Waals surface area contributed by atoms with Gasteiger partial charge < -0.3 is 9.47 Å². The van der Waals surface area contributed by atoms with Gasteiger partial charge in [-0.3, -0.25) is 0 Å². The van der Waals surface area contributed by atoms with Gasteiger partial charge in [0.15, 0.2) is 0 Å². The minimum atomic E-state index is -0.825. The topological polar surface area (TPSA) is 70.4 Å². The fraction of sp³-hybridized carbons (Fsp3) is 0.278.